The third kappa shape index (κ3) is 3.84. The van der Waals surface area contributed by atoms with E-state index in [2.05, 4.69) is 17.4 Å². The van der Waals surface area contributed by atoms with Gasteiger partial charge in [0.1, 0.15) is 0 Å². The molecule has 3 aromatic rings. The van der Waals surface area contributed by atoms with Crippen molar-refractivity contribution in [1.29, 1.82) is 0 Å². The Kier molecular flexibility index (Phi) is 4.92. The SMILES string of the molecule is O=C(CC1CC2CCC1C2)NCc1cn(-c2ccccc2)nc1-c1ccccc1. The molecule has 2 aliphatic carbocycles. The van der Waals surface area contributed by atoms with Crippen LogP contribution in [0.2, 0.25) is 0 Å². The number of amides is 1. The van der Waals surface area contributed by atoms with Crippen molar-refractivity contribution in [2.75, 3.05) is 0 Å². The van der Waals surface area contributed by atoms with Gasteiger partial charge in [-0.3, -0.25) is 4.79 Å². The Bertz CT molecular complexity index is 980. The molecule has 1 amide bonds. The van der Waals surface area contributed by atoms with Crippen LogP contribution in [0, 0.1) is 17.8 Å². The molecular formula is C25H27N3O. The lowest BCUT2D eigenvalue weighted by Gasteiger charge is -2.20. The number of fused-ring (bicyclic) bond motifs is 2. The second kappa shape index (κ2) is 7.86. The minimum absolute atomic E-state index is 0.175. The summed E-state index contributed by atoms with van der Waals surface area (Å²) in [6.07, 6.45) is 8.01. The zero-order valence-corrected chi connectivity index (χ0v) is 16.6. The highest BCUT2D eigenvalue weighted by atomic mass is 16.1. The summed E-state index contributed by atoms with van der Waals surface area (Å²) in [5.74, 6) is 2.43. The Hall–Kier alpha value is -2.88. The highest BCUT2D eigenvalue weighted by Crippen LogP contribution is 2.49. The van der Waals surface area contributed by atoms with Crippen LogP contribution in [0.3, 0.4) is 0 Å². The van der Waals surface area contributed by atoms with E-state index in [1.165, 1.54) is 25.7 Å². The Morgan fingerprint density at radius 1 is 1.00 bits per heavy atom. The van der Waals surface area contributed by atoms with Crippen LogP contribution in [0.25, 0.3) is 16.9 Å². The van der Waals surface area contributed by atoms with Gasteiger partial charge in [-0.05, 0) is 49.1 Å². The van der Waals surface area contributed by atoms with Gasteiger partial charge in [-0.1, -0.05) is 55.0 Å². The fourth-order valence-corrected chi connectivity index (χ4v) is 5.22. The number of rotatable bonds is 6. The first-order chi connectivity index (χ1) is 14.3. The van der Waals surface area contributed by atoms with Gasteiger partial charge < -0.3 is 5.32 Å². The number of nitrogens with zero attached hydrogens (tertiary/aromatic N) is 2. The Morgan fingerprint density at radius 3 is 2.45 bits per heavy atom. The summed E-state index contributed by atoms with van der Waals surface area (Å²) in [6, 6.07) is 20.3. The van der Waals surface area contributed by atoms with E-state index < -0.39 is 0 Å². The molecule has 0 saturated heterocycles. The molecule has 0 spiro atoms. The molecule has 29 heavy (non-hydrogen) atoms. The number of carbonyl (C=O) groups is 1. The first kappa shape index (κ1) is 18.2. The van der Waals surface area contributed by atoms with Gasteiger partial charge in [-0.15, -0.1) is 0 Å². The molecule has 0 aliphatic heterocycles. The van der Waals surface area contributed by atoms with Crippen molar-refractivity contribution in [2.45, 2.75) is 38.6 Å². The lowest BCUT2D eigenvalue weighted by atomic mass is 9.86. The molecule has 4 nitrogen and oxygen atoms in total. The number of aromatic nitrogens is 2. The molecule has 3 atom stereocenters. The van der Waals surface area contributed by atoms with E-state index in [9.17, 15) is 4.79 Å². The highest BCUT2D eigenvalue weighted by molar-refractivity contribution is 5.76. The van der Waals surface area contributed by atoms with E-state index in [0.29, 0.717) is 18.9 Å². The summed E-state index contributed by atoms with van der Waals surface area (Å²) < 4.78 is 1.90. The van der Waals surface area contributed by atoms with E-state index in [-0.39, 0.29) is 5.91 Å². The van der Waals surface area contributed by atoms with Gasteiger partial charge in [0.15, 0.2) is 0 Å². The zero-order valence-electron chi connectivity index (χ0n) is 16.6. The van der Waals surface area contributed by atoms with Gasteiger partial charge in [0.05, 0.1) is 11.4 Å². The lowest BCUT2D eigenvalue weighted by molar-refractivity contribution is -0.122. The van der Waals surface area contributed by atoms with Gasteiger partial charge in [0.25, 0.3) is 0 Å². The van der Waals surface area contributed by atoms with Gasteiger partial charge in [-0.2, -0.15) is 5.10 Å². The lowest BCUT2D eigenvalue weighted by Crippen LogP contribution is -2.27. The van der Waals surface area contributed by atoms with E-state index in [1.807, 2.05) is 59.4 Å². The molecule has 2 fully saturated rings. The molecule has 2 saturated carbocycles. The van der Waals surface area contributed by atoms with E-state index in [1.54, 1.807) is 0 Å². The molecule has 1 heterocycles. The van der Waals surface area contributed by atoms with Gasteiger partial charge >= 0.3 is 0 Å². The predicted molar refractivity (Wildman–Crippen MR) is 114 cm³/mol. The second-order valence-electron chi connectivity index (χ2n) is 8.56. The number of nitrogens with one attached hydrogen (secondary N) is 1. The third-order valence-corrected chi connectivity index (χ3v) is 6.67. The quantitative estimate of drug-likeness (QED) is 0.650. The monoisotopic (exact) mass is 385 g/mol. The summed E-state index contributed by atoms with van der Waals surface area (Å²) in [6.45, 7) is 0.511. The molecule has 2 bridgehead atoms. The zero-order chi connectivity index (χ0) is 19.6. The predicted octanol–water partition coefficient (Wildman–Crippen LogP) is 4.98. The van der Waals surface area contributed by atoms with Gasteiger partial charge in [0.2, 0.25) is 5.91 Å². The Morgan fingerprint density at radius 2 is 1.76 bits per heavy atom. The normalized spacial score (nSPS) is 22.7. The fourth-order valence-electron chi connectivity index (χ4n) is 5.22. The minimum atomic E-state index is 0.175. The molecule has 1 aromatic heterocycles. The molecule has 148 valence electrons. The second-order valence-corrected chi connectivity index (χ2v) is 8.56. The largest absolute Gasteiger partial charge is 0.352 e. The first-order valence-corrected chi connectivity index (χ1v) is 10.7. The van der Waals surface area contributed by atoms with Crippen molar-refractivity contribution < 1.29 is 4.79 Å². The van der Waals surface area contributed by atoms with Crippen LogP contribution in [0.5, 0.6) is 0 Å². The Labute approximate surface area is 172 Å². The number of hydrogen-bond acceptors (Lipinski definition) is 2. The molecule has 2 aromatic carbocycles. The maximum Gasteiger partial charge on any atom is 0.220 e. The molecular weight excluding hydrogens is 358 g/mol. The van der Waals surface area contributed by atoms with Crippen LogP contribution in [0.15, 0.2) is 66.9 Å². The molecule has 0 radical (unpaired) electrons. The summed E-state index contributed by atoms with van der Waals surface area (Å²) in [5, 5.41) is 8.00. The van der Waals surface area contributed by atoms with Crippen LogP contribution in [-0.4, -0.2) is 15.7 Å². The number of hydrogen-bond donors (Lipinski definition) is 1. The maximum absolute atomic E-state index is 12.6. The number of carbonyl (C=O) groups excluding carboxylic acids is 1. The van der Waals surface area contributed by atoms with E-state index >= 15 is 0 Å². The van der Waals surface area contributed by atoms with Crippen LogP contribution >= 0.6 is 0 Å². The molecule has 1 N–H and O–H groups in total. The van der Waals surface area contributed by atoms with Gasteiger partial charge in [-0.25, -0.2) is 4.68 Å². The van der Waals surface area contributed by atoms with Crippen LogP contribution in [-0.2, 0) is 11.3 Å². The van der Waals surface area contributed by atoms with Crippen molar-refractivity contribution in [2.24, 2.45) is 17.8 Å². The molecule has 4 heteroatoms. The smallest absolute Gasteiger partial charge is 0.220 e. The average molecular weight is 386 g/mol. The van der Waals surface area contributed by atoms with Crippen molar-refractivity contribution in [3.8, 4) is 16.9 Å². The third-order valence-electron chi connectivity index (χ3n) is 6.67. The van der Waals surface area contributed by atoms with Gasteiger partial charge in [0, 0.05) is 30.3 Å². The minimum Gasteiger partial charge on any atom is -0.352 e. The Balaban J connectivity index is 1.33. The average Bonchev–Trinajstić information content (AvgIpc) is 3.49. The number of para-hydroxylation sites is 1. The summed E-state index contributed by atoms with van der Waals surface area (Å²) in [5.41, 5.74) is 4.06. The topological polar surface area (TPSA) is 46.9 Å². The van der Waals surface area contributed by atoms with Crippen LogP contribution in [0.4, 0.5) is 0 Å². The fraction of sp³-hybridized carbons (Fsp3) is 0.360. The summed E-state index contributed by atoms with van der Waals surface area (Å²) >= 11 is 0. The van der Waals surface area contributed by atoms with Crippen LogP contribution < -0.4 is 5.32 Å². The van der Waals surface area contributed by atoms with Crippen LogP contribution in [0.1, 0.15) is 37.7 Å². The van der Waals surface area contributed by atoms with E-state index in [0.717, 1.165) is 34.3 Å². The molecule has 5 rings (SSSR count). The first-order valence-electron chi connectivity index (χ1n) is 10.7. The van der Waals surface area contributed by atoms with Crippen molar-refractivity contribution >= 4 is 5.91 Å². The van der Waals surface area contributed by atoms with E-state index in [4.69, 9.17) is 5.10 Å². The number of benzene rings is 2. The molecule has 2 aliphatic rings. The van der Waals surface area contributed by atoms with Crippen molar-refractivity contribution in [3.63, 3.8) is 0 Å². The molecule has 3 unspecified atom stereocenters. The van der Waals surface area contributed by atoms with Crippen molar-refractivity contribution in [3.05, 3.63) is 72.4 Å². The standard InChI is InChI=1S/C25H27N3O/c29-24(15-21-14-18-11-12-20(21)13-18)26-16-22-17-28(23-9-5-2-6-10-23)27-25(22)19-7-3-1-4-8-19/h1-10,17-18,20-21H,11-16H2,(H,26,29). The summed E-state index contributed by atoms with van der Waals surface area (Å²) in [7, 11) is 0. The highest BCUT2D eigenvalue weighted by Gasteiger charge is 2.40. The maximum atomic E-state index is 12.6. The summed E-state index contributed by atoms with van der Waals surface area (Å²) in [4.78, 5) is 12.6. The van der Waals surface area contributed by atoms with Crippen molar-refractivity contribution in [1.82, 2.24) is 15.1 Å².